The van der Waals surface area contributed by atoms with Crippen molar-refractivity contribution in [3.63, 3.8) is 0 Å². The lowest BCUT2D eigenvalue weighted by Crippen LogP contribution is -2.66. The summed E-state index contributed by atoms with van der Waals surface area (Å²) in [5.41, 5.74) is 6.21. The molecule has 2 amide bonds. The van der Waals surface area contributed by atoms with Crippen molar-refractivity contribution in [1.29, 1.82) is 0 Å². The molecule has 0 radical (unpaired) electrons. The van der Waals surface area contributed by atoms with E-state index in [1.165, 1.54) is 0 Å². The van der Waals surface area contributed by atoms with Crippen molar-refractivity contribution in [2.24, 2.45) is 5.73 Å². The molecule has 0 aliphatic carbocycles. The topological polar surface area (TPSA) is 75.4 Å². The van der Waals surface area contributed by atoms with Gasteiger partial charge in [-0.2, -0.15) is 0 Å². The van der Waals surface area contributed by atoms with Gasteiger partial charge in [0.2, 0.25) is 11.8 Å². The van der Waals surface area contributed by atoms with Gasteiger partial charge in [0.15, 0.2) is 0 Å². The molecule has 1 aliphatic rings. The molecular weight excluding hydrogens is 290 g/mol. The number of nitrogens with zero attached hydrogens (tertiary/aromatic N) is 1. The summed E-state index contributed by atoms with van der Waals surface area (Å²) in [5, 5.41) is 2.97. The SMILES string of the molecule is CC(N)C(c1cccc(Cl)c1)N1CC(=O)NC(=O)C1(C)C. The molecule has 5 nitrogen and oxygen atoms in total. The largest absolute Gasteiger partial charge is 0.326 e. The summed E-state index contributed by atoms with van der Waals surface area (Å²) < 4.78 is 0. The Balaban J connectivity index is 2.46. The van der Waals surface area contributed by atoms with Crippen molar-refractivity contribution >= 4 is 23.4 Å². The molecule has 1 fully saturated rings. The Morgan fingerprint density at radius 1 is 1.38 bits per heavy atom. The van der Waals surface area contributed by atoms with Crippen LogP contribution in [-0.4, -0.2) is 34.8 Å². The smallest absolute Gasteiger partial charge is 0.246 e. The van der Waals surface area contributed by atoms with E-state index in [9.17, 15) is 9.59 Å². The van der Waals surface area contributed by atoms with Gasteiger partial charge in [-0.25, -0.2) is 0 Å². The third-order valence-electron chi connectivity index (χ3n) is 3.86. The van der Waals surface area contributed by atoms with Crippen LogP contribution in [0.25, 0.3) is 0 Å². The van der Waals surface area contributed by atoms with Gasteiger partial charge in [-0.05, 0) is 38.5 Å². The van der Waals surface area contributed by atoms with E-state index < -0.39 is 5.54 Å². The molecule has 1 aromatic rings. The number of benzene rings is 1. The van der Waals surface area contributed by atoms with E-state index in [4.69, 9.17) is 17.3 Å². The molecule has 0 bridgehead atoms. The molecule has 1 saturated heterocycles. The summed E-state index contributed by atoms with van der Waals surface area (Å²) in [4.78, 5) is 25.7. The quantitative estimate of drug-likeness (QED) is 0.829. The number of hydrogen-bond donors (Lipinski definition) is 2. The summed E-state index contributed by atoms with van der Waals surface area (Å²) in [6, 6.07) is 6.82. The van der Waals surface area contributed by atoms with Crippen molar-refractivity contribution in [1.82, 2.24) is 10.2 Å². The molecule has 1 aromatic carbocycles. The number of rotatable bonds is 3. The lowest BCUT2D eigenvalue weighted by atomic mass is 9.90. The van der Waals surface area contributed by atoms with E-state index in [0.29, 0.717) is 5.02 Å². The van der Waals surface area contributed by atoms with Crippen molar-refractivity contribution in [2.45, 2.75) is 38.4 Å². The standard InChI is InChI=1S/C15H20ClN3O2/c1-9(17)13(10-5-4-6-11(16)7-10)19-8-12(20)18-14(21)15(19,2)3/h4-7,9,13H,8,17H2,1-3H3,(H,18,20,21). The first-order valence-corrected chi connectivity index (χ1v) is 7.23. The maximum Gasteiger partial charge on any atom is 0.246 e. The lowest BCUT2D eigenvalue weighted by Gasteiger charge is -2.46. The number of hydrogen-bond acceptors (Lipinski definition) is 4. The van der Waals surface area contributed by atoms with Gasteiger partial charge < -0.3 is 5.73 Å². The average molecular weight is 310 g/mol. The highest BCUT2D eigenvalue weighted by Gasteiger charge is 2.45. The highest BCUT2D eigenvalue weighted by molar-refractivity contribution is 6.30. The van der Waals surface area contributed by atoms with E-state index in [1.807, 2.05) is 30.0 Å². The van der Waals surface area contributed by atoms with Crippen LogP contribution in [0.15, 0.2) is 24.3 Å². The summed E-state index contributed by atoms with van der Waals surface area (Å²) in [6.07, 6.45) is 0. The number of halogens is 1. The van der Waals surface area contributed by atoms with Crippen LogP contribution in [0.1, 0.15) is 32.4 Å². The fourth-order valence-corrected chi connectivity index (χ4v) is 2.90. The first-order valence-electron chi connectivity index (χ1n) is 6.85. The van der Waals surface area contributed by atoms with Gasteiger partial charge in [0.1, 0.15) is 0 Å². The molecule has 1 heterocycles. The second-order valence-corrected chi connectivity index (χ2v) is 6.36. The third-order valence-corrected chi connectivity index (χ3v) is 4.10. The lowest BCUT2D eigenvalue weighted by molar-refractivity contribution is -0.147. The summed E-state index contributed by atoms with van der Waals surface area (Å²) >= 11 is 6.06. The Morgan fingerprint density at radius 3 is 2.62 bits per heavy atom. The van der Waals surface area contributed by atoms with E-state index in [0.717, 1.165) is 5.56 Å². The van der Waals surface area contributed by atoms with Crippen LogP contribution >= 0.6 is 11.6 Å². The number of imide groups is 1. The van der Waals surface area contributed by atoms with Gasteiger partial charge in [-0.1, -0.05) is 23.7 Å². The van der Waals surface area contributed by atoms with E-state index in [-0.39, 0.29) is 30.4 Å². The minimum Gasteiger partial charge on any atom is -0.326 e. The zero-order chi connectivity index (χ0) is 15.8. The molecule has 2 rings (SSSR count). The number of carbonyl (C=O) groups excluding carboxylic acids is 2. The summed E-state index contributed by atoms with van der Waals surface area (Å²) in [6.45, 7) is 5.56. The Morgan fingerprint density at radius 2 is 2.05 bits per heavy atom. The monoisotopic (exact) mass is 309 g/mol. The molecule has 114 valence electrons. The summed E-state index contributed by atoms with van der Waals surface area (Å²) in [5.74, 6) is -0.626. The molecule has 0 aromatic heterocycles. The molecule has 21 heavy (non-hydrogen) atoms. The van der Waals surface area contributed by atoms with Gasteiger partial charge in [0, 0.05) is 11.1 Å². The molecule has 1 aliphatic heterocycles. The second kappa shape index (κ2) is 5.75. The molecule has 6 heteroatoms. The van der Waals surface area contributed by atoms with Crippen LogP contribution in [0.2, 0.25) is 5.02 Å². The Kier molecular flexibility index (Phi) is 4.37. The number of nitrogens with one attached hydrogen (secondary N) is 1. The van der Waals surface area contributed by atoms with Crippen LogP contribution in [0.5, 0.6) is 0 Å². The van der Waals surface area contributed by atoms with E-state index >= 15 is 0 Å². The Labute approximate surface area is 129 Å². The van der Waals surface area contributed by atoms with Gasteiger partial charge in [-0.15, -0.1) is 0 Å². The second-order valence-electron chi connectivity index (χ2n) is 5.92. The van der Waals surface area contributed by atoms with E-state index in [1.54, 1.807) is 19.9 Å². The summed E-state index contributed by atoms with van der Waals surface area (Å²) in [7, 11) is 0. The highest BCUT2D eigenvalue weighted by Crippen LogP contribution is 2.33. The van der Waals surface area contributed by atoms with Crippen LogP contribution in [-0.2, 0) is 9.59 Å². The fourth-order valence-electron chi connectivity index (χ4n) is 2.71. The molecule has 2 unspecified atom stereocenters. The van der Waals surface area contributed by atoms with Crippen molar-refractivity contribution in [3.8, 4) is 0 Å². The zero-order valence-corrected chi connectivity index (χ0v) is 13.1. The van der Waals surface area contributed by atoms with Crippen molar-refractivity contribution < 1.29 is 9.59 Å². The molecule has 3 N–H and O–H groups in total. The predicted molar refractivity (Wildman–Crippen MR) is 81.8 cm³/mol. The Bertz CT molecular complexity index is 572. The number of amides is 2. The molecule has 0 spiro atoms. The van der Waals surface area contributed by atoms with Gasteiger partial charge in [0.25, 0.3) is 0 Å². The minimum absolute atomic E-state index is 0.122. The maximum atomic E-state index is 12.1. The van der Waals surface area contributed by atoms with Gasteiger partial charge in [0.05, 0.1) is 18.1 Å². The van der Waals surface area contributed by atoms with Crippen LogP contribution < -0.4 is 11.1 Å². The normalized spacial score (nSPS) is 21.8. The average Bonchev–Trinajstić information content (AvgIpc) is 2.35. The number of piperazine rings is 1. The third kappa shape index (κ3) is 3.10. The molecular formula is C15H20ClN3O2. The van der Waals surface area contributed by atoms with Gasteiger partial charge in [-0.3, -0.25) is 19.8 Å². The number of nitrogens with two attached hydrogens (primary N) is 1. The minimum atomic E-state index is -0.825. The molecule has 2 atom stereocenters. The first kappa shape index (κ1) is 15.9. The Hall–Kier alpha value is -1.43. The predicted octanol–water partition coefficient (Wildman–Crippen LogP) is 1.47. The highest BCUT2D eigenvalue weighted by atomic mass is 35.5. The van der Waals surface area contributed by atoms with E-state index in [2.05, 4.69) is 5.32 Å². The van der Waals surface area contributed by atoms with Crippen LogP contribution in [0, 0.1) is 0 Å². The van der Waals surface area contributed by atoms with Gasteiger partial charge >= 0.3 is 0 Å². The van der Waals surface area contributed by atoms with Crippen LogP contribution in [0.3, 0.4) is 0 Å². The zero-order valence-electron chi connectivity index (χ0n) is 12.4. The first-order chi connectivity index (χ1) is 9.73. The fraction of sp³-hybridized carbons (Fsp3) is 0.467. The van der Waals surface area contributed by atoms with Crippen molar-refractivity contribution in [2.75, 3.05) is 6.54 Å². The van der Waals surface area contributed by atoms with Crippen LogP contribution in [0.4, 0.5) is 0 Å². The number of carbonyl (C=O) groups is 2. The molecule has 0 saturated carbocycles. The maximum absolute atomic E-state index is 12.1. The van der Waals surface area contributed by atoms with Crippen molar-refractivity contribution in [3.05, 3.63) is 34.9 Å².